The SMILES string of the molecule is O=C(O)c1cc(O)c2c(c1)[C@H]([C@H]1c3cc(C(=O)O)cc(O)c3C(=O)c3c(O[C@H]4O[C@@H](CO)[C@@H](O)[C@@H](O)[C@H]4O)cccc31)c1cccc(O)c1C2=O. The van der Waals surface area contributed by atoms with Gasteiger partial charge in [-0.2, -0.15) is 0 Å². The van der Waals surface area contributed by atoms with Crippen molar-refractivity contribution in [2.45, 2.75) is 42.5 Å². The first-order valence-corrected chi connectivity index (χ1v) is 15.5. The molecular weight excluding hydrogens is 672 g/mol. The first-order chi connectivity index (χ1) is 24.2. The van der Waals surface area contributed by atoms with E-state index in [0.29, 0.717) is 0 Å². The minimum atomic E-state index is -1.88. The second kappa shape index (κ2) is 12.2. The van der Waals surface area contributed by atoms with Crippen molar-refractivity contribution in [1.29, 1.82) is 0 Å². The van der Waals surface area contributed by atoms with Gasteiger partial charge in [0.15, 0.2) is 0 Å². The van der Waals surface area contributed by atoms with Gasteiger partial charge in [-0.3, -0.25) is 9.59 Å². The molecule has 9 N–H and O–H groups in total. The number of hydrogen-bond acceptors (Lipinski definition) is 13. The Balaban J connectivity index is 1.52. The van der Waals surface area contributed by atoms with E-state index in [-0.39, 0.29) is 50.3 Å². The standard InChI is InChI=1S/C36H28O15/c37-11-22-29(41)32(44)33(45)36(51-22)50-21-6-2-4-15-24(17-8-13(35(48)49)10-20(40)27(17)31(43)28(15)21)23-14-3-1-5-18(38)25(14)30(42)26-16(23)7-12(34(46)47)9-19(26)39/h1-10,22-24,29,32-33,36-41,44-45H,11H2,(H,46,47)(H,48,49)/t22-,23+,24+,29+,32+,33+,36-/m0/s1. The molecule has 15 heteroatoms. The topological polar surface area (TPSA) is 269 Å². The van der Waals surface area contributed by atoms with E-state index < -0.39 is 101 Å². The van der Waals surface area contributed by atoms with Crippen LogP contribution in [0, 0.1) is 0 Å². The van der Waals surface area contributed by atoms with Crippen LogP contribution in [0.15, 0.2) is 60.7 Å². The molecule has 0 spiro atoms. The molecule has 4 aromatic carbocycles. The van der Waals surface area contributed by atoms with Gasteiger partial charge in [0.1, 0.15) is 47.4 Å². The molecule has 0 saturated carbocycles. The van der Waals surface area contributed by atoms with E-state index >= 15 is 0 Å². The molecule has 2 aliphatic carbocycles. The molecule has 0 unspecified atom stereocenters. The van der Waals surface area contributed by atoms with Gasteiger partial charge >= 0.3 is 11.9 Å². The maximum absolute atomic E-state index is 14.4. The Morgan fingerprint density at radius 1 is 0.627 bits per heavy atom. The number of aliphatic hydroxyl groups is 4. The minimum absolute atomic E-state index is 0.0489. The number of carboxylic acid groups (broad SMARTS) is 2. The highest BCUT2D eigenvalue weighted by Crippen LogP contribution is 2.56. The van der Waals surface area contributed by atoms with E-state index in [1.165, 1.54) is 36.4 Å². The van der Waals surface area contributed by atoms with Crippen molar-refractivity contribution < 1.29 is 74.6 Å². The molecule has 0 aromatic heterocycles. The number of carboxylic acids is 2. The zero-order valence-electron chi connectivity index (χ0n) is 26.0. The molecule has 0 amide bonds. The Kier molecular flexibility index (Phi) is 8.04. The first kappa shape index (κ1) is 33.6. The predicted molar refractivity (Wildman–Crippen MR) is 170 cm³/mol. The summed E-state index contributed by atoms with van der Waals surface area (Å²) in [6.07, 6.45) is -8.55. The zero-order valence-corrected chi connectivity index (χ0v) is 26.0. The quantitative estimate of drug-likeness (QED) is 0.138. The molecule has 0 radical (unpaired) electrons. The molecule has 0 bridgehead atoms. The monoisotopic (exact) mass is 700 g/mol. The fourth-order valence-corrected chi connectivity index (χ4v) is 7.34. The molecule has 7 rings (SSSR count). The number of hydrogen-bond donors (Lipinski definition) is 9. The Hall–Kier alpha value is -5.84. The summed E-state index contributed by atoms with van der Waals surface area (Å²) in [6.45, 7) is -0.775. The van der Waals surface area contributed by atoms with Crippen LogP contribution in [0.1, 0.15) is 86.6 Å². The third-order valence-corrected chi connectivity index (χ3v) is 9.60. The van der Waals surface area contributed by atoms with Crippen LogP contribution in [0.4, 0.5) is 0 Å². The van der Waals surface area contributed by atoms with Gasteiger partial charge in [-0.1, -0.05) is 24.3 Å². The number of phenolic OH excluding ortho intramolecular Hbond substituents is 3. The van der Waals surface area contributed by atoms with Crippen molar-refractivity contribution in [1.82, 2.24) is 0 Å². The number of benzene rings is 4. The Morgan fingerprint density at radius 2 is 1.12 bits per heavy atom. The largest absolute Gasteiger partial charge is 0.507 e. The highest BCUT2D eigenvalue weighted by atomic mass is 16.7. The van der Waals surface area contributed by atoms with Crippen LogP contribution in [0.25, 0.3) is 0 Å². The van der Waals surface area contributed by atoms with Crippen LogP contribution >= 0.6 is 0 Å². The number of ketones is 2. The molecule has 51 heavy (non-hydrogen) atoms. The molecule has 262 valence electrons. The fourth-order valence-electron chi connectivity index (χ4n) is 7.34. The van der Waals surface area contributed by atoms with Crippen molar-refractivity contribution in [2.24, 2.45) is 0 Å². The first-order valence-electron chi connectivity index (χ1n) is 15.5. The summed E-state index contributed by atoms with van der Waals surface area (Å²) in [4.78, 5) is 52.6. The predicted octanol–water partition coefficient (Wildman–Crippen LogP) is 1.43. The van der Waals surface area contributed by atoms with Crippen molar-refractivity contribution in [2.75, 3.05) is 6.61 Å². The van der Waals surface area contributed by atoms with Gasteiger partial charge in [-0.15, -0.1) is 0 Å². The van der Waals surface area contributed by atoms with Gasteiger partial charge in [-0.05, 0) is 58.7 Å². The second-order valence-corrected chi connectivity index (χ2v) is 12.4. The third kappa shape index (κ3) is 5.09. The molecule has 1 aliphatic heterocycles. The fraction of sp³-hybridized carbons (Fsp3) is 0.222. The molecule has 3 aliphatic rings. The number of carbonyl (C=O) groups excluding carboxylic acids is 2. The van der Waals surface area contributed by atoms with Crippen molar-refractivity contribution in [3.05, 3.63) is 116 Å². The van der Waals surface area contributed by atoms with Crippen LogP contribution in [0.5, 0.6) is 23.0 Å². The second-order valence-electron chi connectivity index (χ2n) is 12.4. The Morgan fingerprint density at radius 3 is 1.65 bits per heavy atom. The maximum Gasteiger partial charge on any atom is 0.335 e. The number of rotatable bonds is 6. The number of aromatic hydroxyl groups is 3. The van der Waals surface area contributed by atoms with Crippen LogP contribution in [0.3, 0.4) is 0 Å². The summed E-state index contributed by atoms with van der Waals surface area (Å²) in [5.41, 5.74) is -1.98. The molecule has 1 fully saturated rings. The summed E-state index contributed by atoms with van der Waals surface area (Å²) in [6, 6.07) is 12.3. The summed E-state index contributed by atoms with van der Waals surface area (Å²) >= 11 is 0. The number of carbonyl (C=O) groups is 4. The molecule has 7 atom stereocenters. The highest BCUT2D eigenvalue weighted by molar-refractivity contribution is 6.18. The lowest BCUT2D eigenvalue weighted by molar-refractivity contribution is -0.277. The summed E-state index contributed by atoms with van der Waals surface area (Å²) in [7, 11) is 0. The number of aromatic carboxylic acids is 2. The van der Waals surface area contributed by atoms with Crippen LogP contribution in [-0.2, 0) is 4.74 Å². The smallest absolute Gasteiger partial charge is 0.335 e. The van der Waals surface area contributed by atoms with Gasteiger partial charge < -0.3 is 55.4 Å². The summed E-state index contributed by atoms with van der Waals surface area (Å²) < 4.78 is 11.4. The van der Waals surface area contributed by atoms with Gasteiger partial charge in [-0.25, -0.2) is 9.59 Å². The number of ether oxygens (including phenoxy) is 2. The van der Waals surface area contributed by atoms with Crippen molar-refractivity contribution in [3.63, 3.8) is 0 Å². The van der Waals surface area contributed by atoms with E-state index in [1.807, 2.05) is 0 Å². The summed E-state index contributed by atoms with van der Waals surface area (Å²) in [5.74, 6) is -9.35. The minimum Gasteiger partial charge on any atom is -0.507 e. The average Bonchev–Trinajstić information content (AvgIpc) is 3.08. The Labute approximate surface area is 286 Å². The normalized spacial score (nSPS) is 24.9. The van der Waals surface area contributed by atoms with Crippen LogP contribution in [-0.4, -0.2) is 107 Å². The van der Waals surface area contributed by atoms with Crippen LogP contribution < -0.4 is 4.74 Å². The molecular formula is C36H28O15. The van der Waals surface area contributed by atoms with E-state index in [0.717, 1.165) is 24.3 Å². The Bertz CT molecular complexity index is 2170. The maximum atomic E-state index is 14.4. The number of fused-ring (bicyclic) bond motifs is 4. The molecule has 1 saturated heterocycles. The molecule has 4 aromatic rings. The number of aliphatic hydroxyl groups excluding tert-OH is 4. The number of phenols is 3. The van der Waals surface area contributed by atoms with Gasteiger partial charge in [0, 0.05) is 11.8 Å². The van der Waals surface area contributed by atoms with E-state index in [4.69, 9.17) is 9.47 Å². The zero-order chi connectivity index (χ0) is 36.6. The lowest BCUT2D eigenvalue weighted by Gasteiger charge is -2.41. The van der Waals surface area contributed by atoms with Crippen LogP contribution in [0.2, 0.25) is 0 Å². The van der Waals surface area contributed by atoms with Gasteiger partial charge in [0.2, 0.25) is 17.9 Å². The lowest BCUT2D eigenvalue weighted by Crippen LogP contribution is -2.60. The highest BCUT2D eigenvalue weighted by Gasteiger charge is 2.48. The summed E-state index contributed by atoms with van der Waals surface area (Å²) in [5, 5.41) is 94.1. The van der Waals surface area contributed by atoms with E-state index in [1.54, 1.807) is 0 Å². The molecule has 15 nitrogen and oxygen atoms in total. The van der Waals surface area contributed by atoms with Gasteiger partial charge in [0.05, 0.1) is 40.0 Å². The lowest BCUT2D eigenvalue weighted by atomic mass is 9.63. The average molecular weight is 701 g/mol. The van der Waals surface area contributed by atoms with E-state index in [9.17, 15) is 65.1 Å². The van der Waals surface area contributed by atoms with Crippen molar-refractivity contribution >= 4 is 23.5 Å². The van der Waals surface area contributed by atoms with Crippen molar-refractivity contribution in [3.8, 4) is 23.0 Å². The van der Waals surface area contributed by atoms with Gasteiger partial charge in [0.25, 0.3) is 0 Å². The third-order valence-electron chi connectivity index (χ3n) is 9.60. The molecule has 1 heterocycles. The van der Waals surface area contributed by atoms with E-state index in [2.05, 4.69) is 0 Å².